The summed E-state index contributed by atoms with van der Waals surface area (Å²) in [4.78, 5) is 23.1. The number of nitro groups is 1. The van der Waals surface area contributed by atoms with Gasteiger partial charge >= 0.3 is 0 Å². The topological polar surface area (TPSA) is 103 Å². The van der Waals surface area contributed by atoms with Gasteiger partial charge in [-0.2, -0.15) is 5.10 Å². The van der Waals surface area contributed by atoms with Crippen LogP contribution in [-0.4, -0.2) is 27.2 Å². The van der Waals surface area contributed by atoms with E-state index in [0.717, 1.165) is 12.2 Å². The maximum Gasteiger partial charge on any atom is 0.271 e. The molecule has 8 heteroatoms. The van der Waals surface area contributed by atoms with Gasteiger partial charge in [0.25, 0.3) is 11.6 Å². The summed E-state index contributed by atoms with van der Waals surface area (Å²) in [6.45, 7) is 4.29. The van der Waals surface area contributed by atoms with Crippen LogP contribution in [0.1, 0.15) is 29.6 Å². The molecule has 2 aromatic heterocycles. The van der Waals surface area contributed by atoms with Crippen molar-refractivity contribution < 1.29 is 14.1 Å². The van der Waals surface area contributed by atoms with Crippen molar-refractivity contribution in [2.75, 3.05) is 6.54 Å². The molecule has 8 nitrogen and oxygen atoms in total. The molecule has 1 N–H and O–H groups in total. The molecule has 3 aromatic rings. The molecule has 26 heavy (non-hydrogen) atoms. The summed E-state index contributed by atoms with van der Waals surface area (Å²) < 4.78 is 6.97. The summed E-state index contributed by atoms with van der Waals surface area (Å²) in [5, 5.41) is 18.3. The number of nitro benzene ring substituents is 1. The van der Waals surface area contributed by atoms with Crippen molar-refractivity contribution in [3.63, 3.8) is 0 Å². The van der Waals surface area contributed by atoms with Gasteiger partial charge in [0, 0.05) is 24.7 Å². The van der Waals surface area contributed by atoms with E-state index in [1.54, 1.807) is 30.3 Å². The van der Waals surface area contributed by atoms with E-state index in [1.807, 2.05) is 13.8 Å². The maximum absolute atomic E-state index is 12.5. The highest BCUT2D eigenvalue weighted by Gasteiger charge is 2.20. The molecule has 1 amide bonds. The zero-order valence-electron chi connectivity index (χ0n) is 14.4. The van der Waals surface area contributed by atoms with E-state index in [4.69, 9.17) is 4.42 Å². The number of non-ortho nitro benzene ring substituents is 1. The van der Waals surface area contributed by atoms with Crippen LogP contribution in [0.15, 0.2) is 46.9 Å². The van der Waals surface area contributed by atoms with Gasteiger partial charge in [-0.05, 0) is 31.5 Å². The fourth-order valence-electron chi connectivity index (χ4n) is 2.50. The third-order valence-corrected chi connectivity index (χ3v) is 3.76. The Labute approximate surface area is 149 Å². The highest BCUT2D eigenvalue weighted by atomic mass is 16.6. The van der Waals surface area contributed by atoms with Crippen LogP contribution in [0.2, 0.25) is 0 Å². The summed E-state index contributed by atoms with van der Waals surface area (Å²) in [5.41, 5.74) is 1.11. The van der Waals surface area contributed by atoms with E-state index < -0.39 is 4.92 Å². The third-order valence-electron chi connectivity index (χ3n) is 3.76. The molecule has 0 aliphatic heterocycles. The Morgan fingerprint density at radius 3 is 2.77 bits per heavy atom. The number of carbonyl (C=O) groups is 1. The first-order valence-corrected chi connectivity index (χ1v) is 8.19. The molecule has 0 aliphatic carbocycles. The lowest BCUT2D eigenvalue weighted by Gasteiger charge is -2.07. The lowest BCUT2D eigenvalue weighted by molar-refractivity contribution is -0.384. The van der Waals surface area contributed by atoms with Crippen LogP contribution >= 0.6 is 0 Å². The van der Waals surface area contributed by atoms with Gasteiger partial charge in [0.15, 0.2) is 5.76 Å². The number of aryl methyl sites for hydroxylation is 1. The molecule has 0 bridgehead atoms. The molecule has 1 aromatic carbocycles. The van der Waals surface area contributed by atoms with Crippen molar-refractivity contribution in [1.29, 1.82) is 0 Å². The van der Waals surface area contributed by atoms with E-state index in [-0.39, 0.29) is 17.3 Å². The zero-order chi connectivity index (χ0) is 18.7. The second-order valence-electron chi connectivity index (χ2n) is 5.77. The van der Waals surface area contributed by atoms with E-state index in [1.165, 1.54) is 16.8 Å². The number of furan rings is 1. The molecule has 0 spiro atoms. The van der Waals surface area contributed by atoms with E-state index >= 15 is 0 Å². The number of amides is 1. The van der Waals surface area contributed by atoms with Crippen LogP contribution in [0, 0.1) is 17.0 Å². The standard InChI is InChI=1S/C18H18N4O4/c1-3-9-19-18(23)16-11-15(17-8-7-12(2)26-17)20-21(16)13-5-4-6-14(10-13)22(24)25/h4-8,10-11H,3,9H2,1-2H3,(H,19,23). The first-order valence-electron chi connectivity index (χ1n) is 8.19. The van der Waals surface area contributed by atoms with Gasteiger partial charge < -0.3 is 9.73 Å². The monoisotopic (exact) mass is 354 g/mol. The van der Waals surface area contributed by atoms with Crippen LogP contribution < -0.4 is 5.32 Å². The Morgan fingerprint density at radius 1 is 1.31 bits per heavy atom. The Bertz CT molecular complexity index is 958. The minimum atomic E-state index is -0.485. The minimum absolute atomic E-state index is 0.0756. The first kappa shape index (κ1) is 17.4. The first-order chi connectivity index (χ1) is 12.5. The summed E-state index contributed by atoms with van der Waals surface area (Å²) in [5.74, 6) is 0.943. The molecule has 134 valence electrons. The molecule has 0 unspecified atom stereocenters. The van der Waals surface area contributed by atoms with Crippen LogP contribution in [-0.2, 0) is 0 Å². The number of rotatable bonds is 6. The number of aromatic nitrogens is 2. The molecule has 0 fully saturated rings. The molecule has 0 saturated carbocycles. The summed E-state index contributed by atoms with van der Waals surface area (Å²) in [7, 11) is 0. The van der Waals surface area contributed by atoms with Gasteiger partial charge in [-0.25, -0.2) is 4.68 Å². The molecular weight excluding hydrogens is 336 g/mol. The molecule has 0 atom stereocenters. The van der Waals surface area contributed by atoms with Gasteiger partial charge in [0.1, 0.15) is 17.1 Å². The van der Waals surface area contributed by atoms with Crippen molar-refractivity contribution in [3.8, 4) is 17.1 Å². The van der Waals surface area contributed by atoms with Crippen molar-refractivity contribution in [1.82, 2.24) is 15.1 Å². The maximum atomic E-state index is 12.5. The number of hydrogen-bond acceptors (Lipinski definition) is 5. The molecule has 0 aliphatic rings. The summed E-state index contributed by atoms with van der Waals surface area (Å²) >= 11 is 0. The second kappa shape index (κ2) is 7.22. The van der Waals surface area contributed by atoms with Gasteiger partial charge in [0.2, 0.25) is 0 Å². The van der Waals surface area contributed by atoms with Crippen LogP contribution in [0.3, 0.4) is 0 Å². The van der Waals surface area contributed by atoms with E-state index in [2.05, 4.69) is 10.4 Å². The fourth-order valence-corrected chi connectivity index (χ4v) is 2.50. The van der Waals surface area contributed by atoms with Gasteiger partial charge in [0.05, 0.1) is 10.6 Å². The Kier molecular flexibility index (Phi) is 4.83. The van der Waals surface area contributed by atoms with E-state index in [9.17, 15) is 14.9 Å². The molecule has 0 saturated heterocycles. The largest absolute Gasteiger partial charge is 0.460 e. The second-order valence-corrected chi connectivity index (χ2v) is 5.77. The number of carbonyl (C=O) groups excluding carboxylic acids is 1. The number of benzene rings is 1. The summed E-state index contributed by atoms with van der Waals surface area (Å²) in [6.07, 6.45) is 0.793. The van der Waals surface area contributed by atoms with Crippen molar-refractivity contribution >= 4 is 11.6 Å². The molecule has 3 rings (SSSR count). The zero-order valence-corrected chi connectivity index (χ0v) is 14.4. The highest BCUT2D eigenvalue weighted by Crippen LogP contribution is 2.25. The predicted octanol–water partition coefficient (Wildman–Crippen LogP) is 3.49. The summed E-state index contributed by atoms with van der Waals surface area (Å²) in [6, 6.07) is 11.2. The van der Waals surface area contributed by atoms with Crippen LogP contribution in [0.4, 0.5) is 5.69 Å². The van der Waals surface area contributed by atoms with Crippen molar-refractivity contribution in [3.05, 3.63) is 64.0 Å². The fraction of sp³-hybridized carbons (Fsp3) is 0.222. The van der Waals surface area contributed by atoms with Crippen molar-refractivity contribution in [2.24, 2.45) is 0 Å². The molecule has 0 radical (unpaired) electrons. The lowest BCUT2D eigenvalue weighted by Crippen LogP contribution is -2.26. The van der Waals surface area contributed by atoms with Crippen molar-refractivity contribution in [2.45, 2.75) is 20.3 Å². The Hall–Kier alpha value is -3.42. The normalized spacial score (nSPS) is 10.7. The average molecular weight is 354 g/mol. The van der Waals surface area contributed by atoms with Crippen LogP contribution in [0.5, 0.6) is 0 Å². The van der Waals surface area contributed by atoms with Gasteiger partial charge in [-0.15, -0.1) is 0 Å². The molecule has 2 heterocycles. The smallest absolute Gasteiger partial charge is 0.271 e. The van der Waals surface area contributed by atoms with Crippen LogP contribution in [0.25, 0.3) is 17.1 Å². The predicted molar refractivity (Wildman–Crippen MR) is 95.3 cm³/mol. The molecular formula is C18H18N4O4. The highest BCUT2D eigenvalue weighted by molar-refractivity contribution is 5.94. The van der Waals surface area contributed by atoms with Gasteiger partial charge in [-0.3, -0.25) is 14.9 Å². The quantitative estimate of drug-likeness (QED) is 0.539. The third kappa shape index (κ3) is 3.49. The Balaban J connectivity index is 2.09. The SMILES string of the molecule is CCCNC(=O)c1cc(-c2ccc(C)o2)nn1-c1cccc([N+](=O)[O-])c1. The number of hydrogen-bond donors (Lipinski definition) is 1. The number of nitrogens with one attached hydrogen (secondary N) is 1. The Morgan fingerprint density at radius 2 is 2.12 bits per heavy atom. The minimum Gasteiger partial charge on any atom is -0.460 e. The van der Waals surface area contributed by atoms with E-state index in [0.29, 0.717) is 23.7 Å². The average Bonchev–Trinajstić information content (AvgIpc) is 3.26. The number of nitrogens with zero attached hydrogens (tertiary/aromatic N) is 3. The lowest BCUT2D eigenvalue weighted by atomic mass is 10.2. The van der Waals surface area contributed by atoms with Gasteiger partial charge in [-0.1, -0.05) is 13.0 Å².